The Kier molecular flexibility index (Phi) is 7.79. The number of carbonyl (C=O) groups is 3. The molecule has 0 aliphatic carbocycles. The molecular weight excluding hydrogens is 424 g/mol. The maximum absolute atomic E-state index is 14.0. The molecule has 2 bridgehead atoms. The summed E-state index contributed by atoms with van der Waals surface area (Å²) in [4.78, 5) is 42.5. The van der Waals surface area contributed by atoms with Crippen molar-refractivity contribution in [3.05, 3.63) is 0 Å². The van der Waals surface area contributed by atoms with E-state index in [1.807, 2.05) is 27.7 Å². The van der Waals surface area contributed by atoms with Crippen LogP contribution in [0.2, 0.25) is 0 Å². The van der Waals surface area contributed by atoms with Crippen molar-refractivity contribution in [2.24, 2.45) is 17.8 Å². The zero-order valence-electron chi connectivity index (χ0n) is 21.1. The molecule has 1 spiro atoms. The molecule has 0 aromatic rings. The fourth-order valence-corrected chi connectivity index (χ4v) is 6.54. The summed E-state index contributed by atoms with van der Waals surface area (Å²) in [5, 5.41) is 13.4. The predicted octanol–water partition coefficient (Wildman–Crippen LogP) is 2.42. The first-order valence-corrected chi connectivity index (χ1v) is 12.8. The van der Waals surface area contributed by atoms with Crippen molar-refractivity contribution >= 4 is 17.8 Å². The van der Waals surface area contributed by atoms with Gasteiger partial charge in [0.05, 0.1) is 30.8 Å². The summed E-state index contributed by atoms with van der Waals surface area (Å²) in [6, 6.07) is -1.46. The predicted molar refractivity (Wildman–Crippen MR) is 123 cm³/mol. The Labute approximate surface area is 197 Å². The third kappa shape index (κ3) is 3.97. The highest BCUT2D eigenvalue weighted by Crippen LogP contribution is 2.64. The number of ether oxygens (including phenoxy) is 2. The van der Waals surface area contributed by atoms with E-state index in [4.69, 9.17) is 9.47 Å². The molecule has 0 aromatic carbocycles. The fourth-order valence-electron chi connectivity index (χ4n) is 6.54. The average Bonchev–Trinajstić information content (AvgIpc) is 3.38. The van der Waals surface area contributed by atoms with Gasteiger partial charge in [-0.05, 0) is 45.4 Å². The maximum Gasteiger partial charge on any atom is 0.312 e. The van der Waals surface area contributed by atoms with Gasteiger partial charge in [-0.15, -0.1) is 0 Å². The standard InChI is InChI=1S/C25H42N2O6/c1-7-11-16(6)26-21(29)20-25-13-12-24(9-3,33-25)19(23(31)32-10-4)18(25)22(30)27(20)17(14-28)15(5)8-2/h15-20,28H,7-14H2,1-6H3,(H,26,29)/t15-,16?,17-,18-,19-,20?,24+,25?/m0/s1. The topological polar surface area (TPSA) is 105 Å². The minimum atomic E-state index is -1.08. The van der Waals surface area contributed by atoms with Crippen molar-refractivity contribution in [2.75, 3.05) is 13.2 Å². The Hall–Kier alpha value is -1.67. The first kappa shape index (κ1) is 25.9. The second-order valence-corrected chi connectivity index (χ2v) is 10.2. The van der Waals surface area contributed by atoms with Crippen LogP contribution in [0.3, 0.4) is 0 Å². The van der Waals surface area contributed by atoms with E-state index in [1.165, 1.54) is 0 Å². The van der Waals surface area contributed by atoms with Gasteiger partial charge in [0, 0.05) is 6.04 Å². The normalized spacial score (nSPS) is 35.3. The molecule has 0 radical (unpaired) electrons. The molecule has 3 unspecified atom stereocenters. The number of fused-ring (bicyclic) bond motifs is 1. The van der Waals surface area contributed by atoms with Crippen molar-refractivity contribution in [3.8, 4) is 0 Å². The maximum atomic E-state index is 14.0. The number of carbonyl (C=O) groups excluding carboxylic acids is 3. The molecule has 8 atom stereocenters. The molecule has 8 nitrogen and oxygen atoms in total. The van der Waals surface area contributed by atoms with Crippen LogP contribution in [0.5, 0.6) is 0 Å². The molecule has 2 amide bonds. The quantitative estimate of drug-likeness (QED) is 0.453. The lowest BCUT2D eigenvalue weighted by atomic mass is 9.65. The Balaban J connectivity index is 2.10. The van der Waals surface area contributed by atoms with Gasteiger partial charge in [-0.3, -0.25) is 14.4 Å². The van der Waals surface area contributed by atoms with Crippen molar-refractivity contribution < 1.29 is 29.0 Å². The number of amides is 2. The van der Waals surface area contributed by atoms with Crippen LogP contribution in [0.1, 0.15) is 80.1 Å². The van der Waals surface area contributed by atoms with Crippen molar-refractivity contribution in [2.45, 2.75) is 109 Å². The fraction of sp³-hybridized carbons (Fsp3) is 0.880. The zero-order valence-corrected chi connectivity index (χ0v) is 21.1. The van der Waals surface area contributed by atoms with Gasteiger partial charge in [-0.2, -0.15) is 0 Å². The van der Waals surface area contributed by atoms with E-state index >= 15 is 0 Å². The van der Waals surface area contributed by atoms with Crippen LogP contribution in [0.15, 0.2) is 0 Å². The van der Waals surface area contributed by atoms with Gasteiger partial charge >= 0.3 is 5.97 Å². The minimum absolute atomic E-state index is 0.0177. The summed E-state index contributed by atoms with van der Waals surface area (Å²) < 4.78 is 12.1. The smallest absolute Gasteiger partial charge is 0.312 e. The summed E-state index contributed by atoms with van der Waals surface area (Å²) in [5.41, 5.74) is -1.88. The van der Waals surface area contributed by atoms with Crippen LogP contribution in [-0.2, 0) is 23.9 Å². The minimum Gasteiger partial charge on any atom is -0.466 e. The van der Waals surface area contributed by atoms with E-state index < -0.39 is 41.1 Å². The molecule has 3 heterocycles. The Morgan fingerprint density at radius 2 is 1.94 bits per heavy atom. The van der Waals surface area contributed by atoms with Crippen molar-refractivity contribution in [3.63, 3.8) is 0 Å². The number of rotatable bonds is 11. The molecule has 3 fully saturated rings. The lowest BCUT2D eigenvalue weighted by Gasteiger charge is -2.39. The first-order valence-electron chi connectivity index (χ1n) is 12.8. The summed E-state index contributed by atoms with van der Waals surface area (Å²) >= 11 is 0. The van der Waals surface area contributed by atoms with E-state index in [0.29, 0.717) is 19.3 Å². The zero-order chi connectivity index (χ0) is 24.6. The first-order chi connectivity index (χ1) is 15.7. The number of hydrogen-bond acceptors (Lipinski definition) is 6. The largest absolute Gasteiger partial charge is 0.466 e. The molecular formula is C25H42N2O6. The number of nitrogens with one attached hydrogen (secondary N) is 1. The number of esters is 1. The van der Waals surface area contributed by atoms with Gasteiger partial charge in [0.2, 0.25) is 11.8 Å². The Morgan fingerprint density at radius 3 is 2.48 bits per heavy atom. The summed E-state index contributed by atoms with van der Waals surface area (Å²) in [6.07, 6.45) is 4.19. The number of nitrogens with zero attached hydrogens (tertiary/aromatic N) is 1. The van der Waals surface area contributed by atoms with Gasteiger partial charge in [-0.1, -0.05) is 40.5 Å². The van der Waals surface area contributed by atoms with Gasteiger partial charge in [-0.25, -0.2) is 0 Å². The average molecular weight is 467 g/mol. The van der Waals surface area contributed by atoms with E-state index in [9.17, 15) is 19.5 Å². The number of aliphatic hydroxyl groups excluding tert-OH is 1. The third-order valence-corrected chi connectivity index (χ3v) is 8.36. The molecule has 33 heavy (non-hydrogen) atoms. The molecule has 3 aliphatic heterocycles. The summed E-state index contributed by atoms with van der Waals surface area (Å²) in [6.45, 7) is 11.7. The van der Waals surface area contributed by atoms with Crippen LogP contribution in [0.25, 0.3) is 0 Å². The molecule has 2 N–H and O–H groups in total. The van der Waals surface area contributed by atoms with Gasteiger partial charge in [0.25, 0.3) is 0 Å². The van der Waals surface area contributed by atoms with Crippen LogP contribution in [-0.4, -0.2) is 70.3 Å². The second kappa shape index (κ2) is 9.90. The van der Waals surface area contributed by atoms with Crippen LogP contribution < -0.4 is 5.32 Å². The summed E-state index contributed by atoms with van der Waals surface area (Å²) in [5.74, 6) is -2.50. The third-order valence-electron chi connectivity index (χ3n) is 8.36. The molecule has 3 rings (SSSR count). The van der Waals surface area contributed by atoms with Gasteiger partial charge in [0.1, 0.15) is 17.6 Å². The molecule has 3 aliphatic rings. The van der Waals surface area contributed by atoms with E-state index in [2.05, 4.69) is 12.2 Å². The number of likely N-dealkylation sites (tertiary alicyclic amines) is 1. The van der Waals surface area contributed by atoms with E-state index in [1.54, 1.807) is 11.8 Å². The summed E-state index contributed by atoms with van der Waals surface area (Å²) in [7, 11) is 0. The number of hydrogen-bond donors (Lipinski definition) is 2. The van der Waals surface area contributed by atoms with Crippen LogP contribution >= 0.6 is 0 Å². The van der Waals surface area contributed by atoms with Gasteiger partial charge < -0.3 is 24.8 Å². The highest BCUT2D eigenvalue weighted by atomic mass is 16.6. The molecule has 3 saturated heterocycles. The van der Waals surface area contributed by atoms with Crippen molar-refractivity contribution in [1.29, 1.82) is 0 Å². The highest BCUT2D eigenvalue weighted by Gasteiger charge is 2.79. The number of aliphatic hydroxyl groups is 1. The van der Waals surface area contributed by atoms with Crippen molar-refractivity contribution in [1.82, 2.24) is 10.2 Å². The Morgan fingerprint density at radius 1 is 1.24 bits per heavy atom. The highest BCUT2D eigenvalue weighted by molar-refractivity contribution is 5.98. The molecule has 0 saturated carbocycles. The monoisotopic (exact) mass is 466 g/mol. The van der Waals surface area contributed by atoms with E-state index in [-0.39, 0.29) is 37.0 Å². The molecule has 0 aromatic heterocycles. The molecule has 188 valence electrons. The SMILES string of the molecule is CCCC(C)NC(=O)C1N([C@@H](CO)[C@@H](C)CC)C(=O)[C@@H]2[C@@H](C(=O)OCC)[C@@]3(CC)CCC12O3. The van der Waals surface area contributed by atoms with E-state index in [0.717, 1.165) is 19.3 Å². The van der Waals surface area contributed by atoms with Crippen LogP contribution in [0.4, 0.5) is 0 Å². The second-order valence-electron chi connectivity index (χ2n) is 10.2. The lowest BCUT2D eigenvalue weighted by Crippen LogP contribution is -2.60. The van der Waals surface area contributed by atoms with Gasteiger partial charge in [0.15, 0.2) is 0 Å². The Bertz CT molecular complexity index is 759. The lowest BCUT2D eigenvalue weighted by molar-refractivity contribution is -0.162. The van der Waals surface area contributed by atoms with Crippen LogP contribution in [0, 0.1) is 17.8 Å². The molecule has 8 heteroatoms.